The molecule has 0 atom stereocenters. The summed E-state index contributed by atoms with van der Waals surface area (Å²) in [5.41, 5.74) is 2.96. The molecule has 1 saturated heterocycles. The summed E-state index contributed by atoms with van der Waals surface area (Å²) in [7, 11) is 2.03. The molecule has 0 radical (unpaired) electrons. The SMILES string of the molecule is CCc1ccc(C2(C(C)(C)NC)COC2)cc1. The van der Waals surface area contributed by atoms with Gasteiger partial charge in [-0.3, -0.25) is 0 Å². The van der Waals surface area contributed by atoms with Crippen molar-refractivity contribution >= 4 is 0 Å². The average Bonchev–Trinajstić information content (AvgIpc) is 2.28. The normalized spacial score (nSPS) is 18.8. The molecule has 0 saturated carbocycles. The van der Waals surface area contributed by atoms with Gasteiger partial charge in [-0.2, -0.15) is 0 Å². The Hall–Kier alpha value is -0.860. The quantitative estimate of drug-likeness (QED) is 0.863. The first-order valence-corrected chi connectivity index (χ1v) is 6.42. The molecule has 1 aromatic rings. The Bertz CT molecular complexity index is 376. The van der Waals surface area contributed by atoms with Crippen molar-refractivity contribution in [1.82, 2.24) is 5.32 Å². The number of benzene rings is 1. The molecule has 1 N–H and O–H groups in total. The van der Waals surface area contributed by atoms with E-state index in [2.05, 4.69) is 50.4 Å². The summed E-state index contributed by atoms with van der Waals surface area (Å²) < 4.78 is 5.50. The summed E-state index contributed by atoms with van der Waals surface area (Å²) in [6.45, 7) is 8.32. The van der Waals surface area contributed by atoms with E-state index in [4.69, 9.17) is 4.74 Å². The second-order valence-corrected chi connectivity index (χ2v) is 5.50. The van der Waals surface area contributed by atoms with Crippen molar-refractivity contribution in [3.8, 4) is 0 Å². The van der Waals surface area contributed by atoms with Crippen LogP contribution in [0.5, 0.6) is 0 Å². The first-order valence-electron chi connectivity index (χ1n) is 6.42. The largest absolute Gasteiger partial charge is 0.379 e. The minimum Gasteiger partial charge on any atom is -0.379 e. The molecule has 0 unspecified atom stereocenters. The molecule has 2 nitrogen and oxygen atoms in total. The topological polar surface area (TPSA) is 21.3 Å². The van der Waals surface area contributed by atoms with E-state index < -0.39 is 0 Å². The van der Waals surface area contributed by atoms with E-state index in [1.165, 1.54) is 11.1 Å². The maximum absolute atomic E-state index is 5.50. The van der Waals surface area contributed by atoms with Gasteiger partial charge in [-0.1, -0.05) is 31.2 Å². The fraction of sp³-hybridized carbons (Fsp3) is 0.600. The lowest BCUT2D eigenvalue weighted by Crippen LogP contribution is -2.65. The van der Waals surface area contributed by atoms with Crippen LogP contribution in [0.2, 0.25) is 0 Å². The fourth-order valence-corrected chi connectivity index (χ4v) is 2.49. The second-order valence-electron chi connectivity index (χ2n) is 5.50. The number of hydrogen-bond acceptors (Lipinski definition) is 2. The Morgan fingerprint density at radius 3 is 2.18 bits per heavy atom. The van der Waals surface area contributed by atoms with Crippen LogP contribution in [-0.4, -0.2) is 25.8 Å². The van der Waals surface area contributed by atoms with Gasteiger partial charge in [0.2, 0.25) is 0 Å². The van der Waals surface area contributed by atoms with Crippen LogP contribution in [0, 0.1) is 0 Å². The smallest absolute Gasteiger partial charge is 0.0603 e. The summed E-state index contributed by atoms with van der Waals surface area (Å²) >= 11 is 0. The van der Waals surface area contributed by atoms with Crippen molar-refractivity contribution in [1.29, 1.82) is 0 Å². The highest BCUT2D eigenvalue weighted by Crippen LogP contribution is 2.41. The highest BCUT2D eigenvalue weighted by atomic mass is 16.5. The molecule has 0 bridgehead atoms. The van der Waals surface area contributed by atoms with E-state index in [-0.39, 0.29) is 11.0 Å². The maximum atomic E-state index is 5.50. The van der Waals surface area contributed by atoms with Crippen molar-refractivity contribution < 1.29 is 4.74 Å². The molecule has 0 aromatic heterocycles. The summed E-state index contributed by atoms with van der Waals surface area (Å²) in [5.74, 6) is 0. The van der Waals surface area contributed by atoms with Crippen LogP contribution in [0.1, 0.15) is 31.9 Å². The number of likely N-dealkylation sites (N-methyl/N-ethyl adjacent to an activating group) is 1. The lowest BCUT2D eigenvalue weighted by molar-refractivity contribution is -0.0991. The predicted molar refractivity (Wildman–Crippen MR) is 71.5 cm³/mol. The predicted octanol–water partition coefficient (Wildman–Crippen LogP) is 2.52. The molecule has 1 aromatic carbocycles. The molecule has 1 heterocycles. The number of hydrogen-bond donors (Lipinski definition) is 1. The third-order valence-corrected chi connectivity index (χ3v) is 4.43. The summed E-state index contributed by atoms with van der Waals surface area (Å²) in [6.07, 6.45) is 1.10. The number of ether oxygens (including phenoxy) is 1. The second kappa shape index (κ2) is 4.43. The zero-order valence-corrected chi connectivity index (χ0v) is 11.3. The van der Waals surface area contributed by atoms with Gasteiger partial charge in [0, 0.05) is 5.54 Å². The van der Waals surface area contributed by atoms with Crippen LogP contribution < -0.4 is 5.32 Å². The molecule has 2 heteroatoms. The fourth-order valence-electron chi connectivity index (χ4n) is 2.49. The molecular weight excluding hydrogens is 210 g/mol. The Kier molecular flexibility index (Phi) is 3.28. The van der Waals surface area contributed by atoms with Gasteiger partial charge >= 0.3 is 0 Å². The lowest BCUT2D eigenvalue weighted by atomic mass is 9.65. The first-order chi connectivity index (χ1) is 8.05. The average molecular weight is 233 g/mol. The van der Waals surface area contributed by atoms with Crippen molar-refractivity contribution in [3.05, 3.63) is 35.4 Å². The Balaban J connectivity index is 2.34. The lowest BCUT2D eigenvalue weighted by Gasteiger charge is -2.52. The van der Waals surface area contributed by atoms with Crippen LogP contribution in [0.3, 0.4) is 0 Å². The van der Waals surface area contributed by atoms with Crippen molar-refractivity contribution in [2.75, 3.05) is 20.3 Å². The molecule has 1 fully saturated rings. The van der Waals surface area contributed by atoms with Crippen LogP contribution in [0.25, 0.3) is 0 Å². The monoisotopic (exact) mass is 233 g/mol. The van der Waals surface area contributed by atoms with E-state index in [1.807, 2.05) is 7.05 Å². The van der Waals surface area contributed by atoms with Crippen LogP contribution in [0.15, 0.2) is 24.3 Å². The zero-order chi connectivity index (χ0) is 12.5. The molecule has 2 rings (SSSR count). The molecule has 0 amide bonds. The van der Waals surface area contributed by atoms with E-state index in [9.17, 15) is 0 Å². The van der Waals surface area contributed by atoms with Crippen LogP contribution in [-0.2, 0) is 16.6 Å². The van der Waals surface area contributed by atoms with Gasteiger partial charge in [0.25, 0.3) is 0 Å². The summed E-state index contributed by atoms with van der Waals surface area (Å²) in [5, 5.41) is 3.43. The van der Waals surface area contributed by atoms with E-state index in [0.29, 0.717) is 0 Å². The van der Waals surface area contributed by atoms with E-state index in [0.717, 1.165) is 19.6 Å². The number of nitrogens with one attached hydrogen (secondary N) is 1. The van der Waals surface area contributed by atoms with E-state index in [1.54, 1.807) is 0 Å². The highest BCUT2D eigenvalue weighted by Gasteiger charge is 2.51. The van der Waals surface area contributed by atoms with Gasteiger partial charge in [0.15, 0.2) is 0 Å². The molecule has 17 heavy (non-hydrogen) atoms. The van der Waals surface area contributed by atoms with Crippen LogP contribution in [0.4, 0.5) is 0 Å². The molecule has 0 spiro atoms. The van der Waals surface area contributed by atoms with Crippen molar-refractivity contribution in [2.45, 2.75) is 38.1 Å². The minimum absolute atomic E-state index is 0.0545. The Labute approximate surface area is 104 Å². The van der Waals surface area contributed by atoms with Crippen molar-refractivity contribution in [2.24, 2.45) is 0 Å². The molecule has 1 aliphatic heterocycles. The van der Waals surface area contributed by atoms with E-state index >= 15 is 0 Å². The van der Waals surface area contributed by atoms with Gasteiger partial charge < -0.3 is 10.1 Å². The maximum Gasteiger partial charge on any atom is 0.0603 e. The zero-order valence-electron chi connectivity index (χ0n) is 11.3. The molecule has 1 aliphatic rings. The van der Waals surface area contributed by atoms with Gasteiger partial charge in [-0.05, 0) is 38.4 Å². The Morgan fingerprint density at radius 1 is 1.24 bits per heavy atom. The number of rotatable bonds is 4. The standard InChI is InChI=1S/C15H23NO/c1-5-12-6-8-13(9-7-12)15(10-17-11-15)14(2,3)16-4/h6-9,16H,5,10-11H2,1-4H3. The van der Waals surface area contributed by atoms with Crippen LogP contribution >= 0.6 is 0 Å². The number of aryl methyl sites for hydroxylation is 1. The minimum atomic E-state index is 0.0545. The molecular formula is C15H23NO. The third kappa shape index (κ3) is 1.90. The van der Waals surface area contributed by atoms with Gasteiger partial charge in [-0.15, -0.1) is 0 Å². The highest BCUT2D eigenvalue weighted by molar-refractivity contribution is 5.35. The first kappa shape index (κ1) is 12.6. The van der Waals surface area contributed by atoms with Gasteiger partial charge in [-0.25, -0.2) is 0 Å². The van der Waals surface area contributed by atoms with Crippen molar-refractivity contribution in [3.63, 3.8) is 0 Å². The van der Waals surface area contributed by atoms with Gasteiger partial charge in [0.05, 0.1) is 18.6 Å². The Morgan fingerprint density at radius 2 is 1.82 bits per heavy atom. The molecule has 94 valence electrons. The molecule has 0 aliphatic carbocycles. The third-order valence-electron chi connectivity index (χ3n) is 4.43. The van der Waals surface area contributed by atoms with Gasteiger partial charge in [0.1, 0.15) is 0 Å². The summed E-state index contributed by atoms with van der Waals surface area (Å²) in [4.78, 5) is 0. The summed E-state index contributed by atoms with van der Waals surface area (Å²) in [6, 6.07) is 9.00.